The number of aryl methyl sites for hydroxylation is 1. The molecule has 1 N–H and O–H groups in total. The molecule has 0 radical (unpaired) electrons. The highest BCUT2D eigenvalue weighted by Crippen LogP contribution is 2.21. The van der Waals surface area contributed by atoms with Crippen LogP contribution in [-0.2, 0) is 16.2 Å². The quantitative estimate of drug-likeness (QED) is 0.545. The summed E-state index contributed by atoms with van der Waals surface area (Å²) in [5.41, 5.74) is 2.12. The van der Waals surface area contributed by atoms with Crippen molar-refractivity contribution in [1.82, 2.24) is 9.88 Å². The zero-order valence-electron chi connectivity index (χ0n) is 19.3. The van der Waals surface area contributed by atoms with Gasteiger partial charge in [-0.05, 0) is 61.2 Å². The van der Waals surface area contributed by atoms with Gasteiger partial charge in [0, 0.05) is 19.3 Å². The van der Waals surface area contributed by atoms with Gasteiger partial charge in [0.15, 0.2) is 6.61 Å². The Morgan fingerprint density at radius 3 is 2.44 bits per heavy atom. The first-order valence-electron chi connectivity index (χ1n) is 11.5. The van der Waals surface area contributed by atoms with Gasteiger partial charge in [0.05, 0.1) is 5.92 Å². The molecule has 7 heteroatoms. The number of amides is 2. The summed E-state index contributed by atoms with van der Waals surface area (Å²) >= 11 is 0. The second-order valence-electron chi connectivity index (χ2n) is 8.42. The molecule has 2 heterocycles. The molecule has 0 aliphatic carbocycles. The van der Waals surface area contributed by atoms with Crippen LogP contribution in [0.5, 0.6) is 11.5 Å². The highest BCUT2D eigenvalue weighted by Gasteiger charge is 2.28. The molecular formula is C27H29N3O4. The predicted octanol–water partition coefficient (Wildman–Crippen LogP) is 4.23. The molecule has 2 aromatic carbocycles. The minimum Gasteiger partial charge on any atom is -0.489 e. The fourth-order valence-electron chi connectivity index (χ4n) is 3.80. The van der Waals surface area contributed by atoms with Crippen LogP contribution in [0, 0.1) is 12.8 Å². The molecule has 0 spiro atoms. The van der Waals surface area contributed by atoms with Crippen LogP contribution in [0.15, 0.2) is 72.9 Å². The Morgan fingerprint density at radius 1 is 1.00 bits per heavy atom. The maximum Gasteiger partial charge on any atom is 0.260 e. The molecule has 176 valence electrons. The van der Waals surface area contributed by atoms with Crippen molar-refractivity contribution in [3.8, 4) is 11.5 Å². The topological polar surface area (TPSA) is 80.8 Å². The summed E-state index contributed by atoms with van der Waals surface area (Å²) < 4.78 is 11.5. The molecule has 3 aromatic rings. The highest BCUT2D eigenvalue weighted by molar-refractivity contribution is 5.92. The molecule has 1 aliphatic rings. The number of ether oxygens (including phenoxy) is 2. The van der Waals surface area contributed by atoms with Crippen molar-refractivity contribution in [1.29, 1.82) is 0 Å². The van der Waals surface area contributed by atoms with Gasteiger partial charge < -0.3 is 19.7 Å². The maximum atomic E-state index is 12.7. The predicted molar refractivity (Wildman–Crippen MR) is 130 cm³/mol. The minimum absolute atomic E-state index is 0.0714. The summed E-state index contributed by atoms with van der Waals surface area (Å²) in [7, 11) is 0. The molecule has 1 aromatic heterocycles. The Morgan fingerprint density at radius 2 is 1.74 bits per heavy atom. The van der Waals surface area contributed by atoms with Gasteiger partial charge in [-0.3, -0.25) is 9.59 Å². The van der Waals surface area contributed by atoms with Crippen molar-refractivity contribution in [3.05, 3.63) is 84.1 Å². The van der Waals surface area contributed by atoms with E-state index in [0.717, 1.165) is 29.7 Å². The summed E-state index contributed by atoms with van der Waals surface area (Å²) in [4.78, 5) is 31.3. The molecule has 1 aliphatic heterocycles. The number of carbonyl (C=O) groups is 2. The van der Waals surface area contributed by atoms with Crippen LogP contribution >= 0.6 is 0 Å². The van der Waals surface area contributed by atoms with Crippen molar-refractivity contribution < 1.29 is 19.1 Å². The number of likely N-dealkylation sites (tertiary alicyclic amines) is 1. The number of carbonyl (C=O) groups excluding carboxylic acids is 2. The third-order valence-electron chi connectivity index (χ3n) is 5.74. The number of nitrogens with zero attached hydrogens (tertiary/aromatic N) is 2. The van der Waals surface area contributed by atoms with Gasteiger partial charge >= 0.3 is 0 Å². The average Bonchev–Trinajstić information content (AvgIpc) is 2.88. The van der Waals surface area contributed by atoms with Crippen LogP contribution in [0.1, 0.15) is 24.0 Å². The molecule has 7 nitrogen and oxygen atoms in total. The summed E-state index contributed by atoms with van der Waals surface area (Å²) in [5.74, 6) is 1.35. The van der Waals surface area contributed by atoms with Gasteiger partial charge in [-0.15, -0.1) is 0 Å². The second kappa shape index (κ2) is 11.3. The fourth-order valence-corrected chi connectivity index (χ4v) is 3.80. The van der Waals surface area contributed by atoms with E-state index >= 15 is 0 Å². The lowest BCUT2D eigenvalue weighted by molar-refractivity contribution is -0.136. The number of anilines is 1. The first-order chi connectivity index (χ1) is 16.6. The zero-order valence-corrected chi connectivity index (χ0v) is 19.3. The van der Waals surface area contributed by atoms with E-state index in [1.807, 2.05) is 55.5 Å². The summed E-state index contributed by atoms with van der Waals surface area (Å²) in [5, 5.41) is 2.85. The van der Waals surface area contributed by atoms with E-state index in [-0.39, 0.29) is 24.3 Å². The molecule has 1 unspecified atom stereocenters. The third-order valence-corrected chi connectivity index (χ3v) is 5.74. The van der Waals surface area contributed by atoms with Crippen molar-refractivity contribution in [2.24, 2.45) is 5.92 Å². The Bertz CT molecular complexity index is 1090. The maximum absolute atomic E-state index is 12.7. The second-order valence-corrected chi connectivity index (χ2v) is 8.42. The van der Waals surface area contributed by atoms with Crippen LogP contribution in [0.25, 0.3) is 0 Å². The van der Waals surface area contributed by atoms with Crippen molar-refractivity contribution in [3.63, 3.8) is 0 Å². The Kier molecular flexibility index (Phi) is 7.75. The highest BCUT2D eigenvalue weighted by atomic mass is 16.5. The van der Waals surface area contributed by atoms with E-state index < -0.39 is 0 Å². The molecule has 2 amide bonds. The van der Waals surface area contributed by atoms with Gasteiger partial charge in [0.1, 0.15) is 23.9 Å². The van der Waals surface area contributed by atoms with Crippen LogP contribution in [0.2, 0.25) is 0 Å². The van der Waals surface area contributed by atoms with Gasteiger partial charge in [-0.25, -0.2) is 4.98 Å². The lowest BCUT2D eigenvalue weighted by Gasteiger charge is -2.32. The van der Waals surface area contributed by atoms with Crippen molar-refractivity contribution >= 4 is 17.6 Å². The lowest BCUT2D eigenvalue weighted by atomic mass is 9.97. The molecule has 34 heavy (non-hydrogen) atoms. The molecule has 1 fully saturated rings. The Hall–Kier alpha value is -3.87. The van der Waals surface area contributed by atoms with E-state index in [1.165, 1.54) is 0 Å². The molecule has 0 bridgehead atoms. The minimum atomic E-state index is -0.262. The van der Waals surface area contributed by atoms with Gasteiger partial charge in [0.2, 0.25) is 5.91 Å². The first-order valence-corrected chi connectivity index (χ1v) is 11.5. The van der Waals surface area contributed by atoms with E-state index in [2.05, 4.69) is 10.3 Å². The third kappa shape index (κ3) is 6.57. The van der Waals surface area contributed by atoms with Crippen molar-refractivity contribution in [2.45, 2.75) is 26.4 Å². The van der Waals surface area contributed by atoms with Crippen LogP contribution in [0.4, 0.5) is 5.82 Å². The Labute approximate surface area is 199 Å². The standard InChI is InChI=1S/C27H29N3O4/c1-20-9-14-25(28-16-20)29-27(32)22-8-5-15-30(17-22)26(31)19-34-24-12-10-23(11-13-24)33-18-21-6-3-2-4-7-21/h2-4,6-7,9-14,16,22H,5,8,15,17-19H2,1H3,(H,28,29,32). The molecule has 1 atom stereocenters. The molecule has 1 saturated heterocycles. The van der Waals surface area contributed by atoms with E-state index in [1.54, 1.807) is 29.3 Å². The Balaban J connectivity index is 1.23. The van der Waals surface area contributed by atoms with Crippen molar-refractivity contribution in [2.75, 3.05) is 25.0 Å². The lowest BCUT2D eigenvalue weighted by Crippen LogP contribution is -2.45. The van der Waals surface area contributed by atoms with E-state index in [9.17, 15) is 9.59 Å². The van der Waals surface area contributed by atoms with Gasteiger partial charge in [-0.2, -0.15) is 0 Å². The molecular weight excluding hydrogens is 430 g/mol. The summed E-state index contributed by atoms with van der Waals surface area (Å²) in [6.45, 7) is 3.37. The first kappa shape index (κ1) is 23.3. The van der Waals surface area contributed by atoms with Crippen LogP contribution in [-0.4, -0.2) is 41.4 Å². The van der Waals surface area contributed by atoms with E-state index in [4.69, 9.17) is 9.47 Å². The van der Waals surface area contributed by atoms with Gasteiger partial charge in [-0.1, -0.05) is 36.4 Å². The van der Waals surface area contributed by atoms with Crippen LogP contribution < -0.4 is 14.8 Å². The normalized spacial score (nSPS) is 15.4. The SMILES string of the molecule is Cc1ccc(NC(=O)C2CCCN(C(=O)COc3ccc(OCc4ccccc4)cc3)C2)nc1. The number of piperidine rings is 1. The largest absolute Gasteiger partial charge is 0.489 e. The number of aromatic nitrogens is 1. The van der Waals surface area contributed by atoms with Gasteiger partial charge in [0.25, 0.3) is 5.91 Å². The van der Waals surface area contributed by atoms with E-state index in [0.29, 0.717) is 31.3 Å². The van der Waals surface area contributed by atoms with Crippen LogP contribution in [0.3, 0.4) is 0 Å². The number of pyridine rings is 1. The summed E-state index contributed by atoms with van der Waals surface area (Å²) in [6.07, 6.45) is 3.23. The number of nitrogens with one attached hydrogen (secondary N) is 1. The monoisotopic (exact) mass is 459 g/mol. The summed E-state index contributed by atoms with van der Waals surface area (Å²) in [6, 6.07) is 20.8. The zero-order chi connectivity index (χ0) is 23.8. The number of hydrogen-bond donors (Lipinski definition) is 1. The number of benzene rings is 2. The average molecular weight is 460 g/mol. The fraction of sp³-hybridized carbons (Fsp3) is 0.296. The molecule has 0 saturated carbocycles. The smallest absolute Gasteiger partial charge is 0.260 e. The number of hydrogen-bond acceptors (Lipinski definition) is 5. The molecule has 4 rings (SSSR count). The number of rotatable bonds is 8.